The van der Waals surface area contributed by atoms with E-state index in [9.17, 15) is 19.1 Å². The van der Waals surface area contributed by atoms with Crippen molar-refractivity contribution < 1.29 is 28.2 Å². The molecule has 1 aromatic carbocycles. The van der Waals surface area contributed by atoms with Crippen LogP contribution in [0.3, 0.4) is 0 Å². The molecule has 1 saturated heterocycles. The summed E-state index contributed by atoms with van der Waals surface area (Å²) in [6, 6.07) is 1.00. The number of hydrogen-bond donors (Lipinski definition) is 3. The molecule has 4 N–H and O–H groups in total. The highest BCUT2D eigenvalue weighted by atomic mass is 19.1. The summed E-state index contributed by atoms with van der Waals surface area (Å²) >= 11 is 0. The molecule has 2 aliphatic heterocycles. The average Bonchev–Trinajstić information content (AvgIpc) is 3.52. The van der Waals surface area contributed by atoms with Gasteiger partial charge in [0.25, 0.3) is 0 Å². The zero-order chi connectivity index (χ0) is 21.4. The molecule has 3 fully saturated rings. The van der Waals surface area contributed by atoms with Crippen LogP contribution >= 0.6 is 0 Å². The molecule has 2 aliphatic carbocycles. The van der Waals surface area contributed by atoms with Crippen molar-refractivity contribution >= 4 is 23.3 Å². The van der Waals surface area contributed by atoms with Gasteiger partial charge in [0.2, 0.25) is 11.7 Å². The van der Waals surface area contributed by atoms with Gasteiger partial charge in [-0.2, -0.15) is 0 Å². The van der Waals surface area contributed by atoms with Crippen LogP contribution in [-0.2, 0) is 9.59 Å². The van der Waals surface area contributed by atoms with Crippen LogP contribution in [0.5, 0.6) is 5.75 Å². The topological polar surface area (TPSA) is 108 Å². The quantitative estimate of drug-likeness (QED) is 0.636. The Morgan fingerprint density at radius 3 is 2.70 bits per heavy atom. The van der Waals surface area contributed by atoms with E-state index in [4.69, 9.17) is 10.5 Å². The van der Waals surface area contributed by atoms with Crippen LogP contribution in [0.25, 0.3) is 0 Å². The normalized spacial score (nSPS) is 29.4. The van der Waals surface area contributed by atoms with Crippen LogP contribution in [0.2, 0.25) is 0 Å². The van der Waals surface area contributed by atoms with E-state index in [0.717, 1.165) is 18.9 Å². The Bertz CT molecular complexity index is 1010. The number of anilines is 2. The van der Waals surface area contributed by atoms with Gasteiger partial charge in [-0.1, -0.05) is 0 Å². The number of ether oxygens (including phenoxy) is 1. The number of nitrogens with one attached hydrogen (secondary N) is 1. The van der Waals surface area contributed by atoms with Gasteiger partial charge in [-0.05, 0) is 25.7 Å². The SMILES string of the molecule is CC(=O)NC1(N)CC12CCN(c1c(F)cc3c(c1F)N(C1CC1)C=C(C(=O)O)O3)C2. The highest BCUT2D eigenvalue weighted by Gasteiger charge is 2.68. The van der Waals surface area contributed by atoms with Gasteiger partial charge < -0.3 is 30.7 Å². The summed E-state index contributed by atoms with van der Waals surface area (Å²) < 4.78 is 35.9. The molecule has 2 saturated carbocycles. The van der Waals surface area contributed by atoms with Crippen LogP contribution in [0, 0.1) is 17.0 Å². The third-order valence-electron chi connectivity index (χ3n) is 6.53. The van der Waals surface area contributed by atoms with E-state index in [2.05, 4.69) is 5.32 Å². The van der Waals surface area contributed by atoms with Crippen molar-refractivity contribution in [3.05, 3.63) is 29.7 Å². The Balaban J connectivity index is 1.49. The van der Waals surface area contributed by atoms with Crippen LogP contribution in [0.1, 0.15) is 32.6 Å². The summed E-state index contributed by atoms with van der Waals surface area (Å²) in [5.74, 6) is -3.67. The van der Waals surface area contributed by atoms with Crippen molar-refractivity contribution in [2.45, 2.75) is 44.3 Å². The number of nitrogens with two attached hydrogens (primary N) is 1. The number of carbonyl (C=O) groups excluding carboxylic acids is 1. The first-order valence-corrected chi connectivity index (χ1v) is 9.90. The van der Waals surface area contributed by atoms with Gasteiger partial charge in [0.15, 0.2) is 17.4 Å². The molecular weight excluding hydrogens is 398 g/mol. The molecule has 2 unspecified atom stereocenters. The van der Waals surface area contributed by atoms with Crippen molar-refractivity contribution in [2.24, 2.45) is 11.1 Å². The lowest BCUT2D eigenvalue weighted by molar-refractivity contribution is -0.135. The number of hydrogen-bond acceptors (Lipinski definition) is 6. The van der Waals surface area contributed by atoms with Gasteiger partial charge in [-0.15, -0.1) is 0 Å². The number of benzene rings is 1. The first kappa shape index (κ1) is 19.1. The third-order valence-corrected chi connectivity index (χ3v) is 6.53. The Morgan fingerprint density at radius 1 is 1.33 bits per heavy atom. The zero-order valence-electron chi connectivity index (χ0n) is 16.4. The highest BCUT2D eigenvalue weighted by molar-refractivity contribution is 5.88. The monoisotopic (exact) mass is 420 g/mol. The average molecular weight is 420 g/mol. The summed E-state index contributed by atoms with van der Waals surface area (Å²) in [4.78, 5) is 26.0. The van der Waals surface area contributed by atoms with Gasteiger partial charge >= 0.3 is 5.97 Å². The molecular formula is C20H22F2N4O4. The minimum atomic E-state index is -1.30. The zero-order valence-corrected chi connectivity index (χ0v) is 16.4. The highest BCUT2D eigenvalue weighted by Crippen LogP contribution is 2.59. The Morgan fingerprint density at radius 2 is 2.07 bits per heavy atom. The maximum Gasteiger partial charge on any atom is 0.373 e. The van der Waals surface area contributed by atoms with Crippen molar-refractivity contribution in [2.75, 3.05) is 22.9 Å². The van der Waals surface area contributed by atoms with Crippen molar-refractivity contribution in [1.82, 2.24) is 5.32 Å². The minimum absolute atomic E-state index is 0.0420. The van der Waals surface area contributed by atoms with Crippen LogP contribution in [0.15, 0.2) is 18.0 Å². The number of aliphatic carboxylic acids is 1. The molecule has 2 heterocycles. The van der Waals surface area contributed by atoms with E-state index in [1.807, 2.05) is 0 Å². The van der Waals surface area contributed by atoms with Gasteiger partial charge in [-0.3, -0.25) is 4.79 Å². The van der Waals surface area contributed by atoms with Gasteiger partial charge in [0, 0.05) is 37.5 Å². The lowest BCUT2D eigenvalue weighted by Gasteiger charge is -2.31. The summed E-state index contributed by atoms with van der Waals surface area (Å²) in [6.45, 7) is 2.10. The molecule has 4 aliphatic rings. The lowest BCUT2D eigenvalue weighted by Crippen LogP contribution is -2.48. The van der Waals surface area contributed by atoms with E-state index in [0.29, 0.717) is 25.9 Å². The van der Waals surface area contributed by atoms with Crippen LogP contribution < -0.4 is 25.6 Å². The van der Waals surface area contributed by atoms with Crippen molar-refractivity contribution in [3.8, 4) is 5.75 Å². The molecule has 0 bridgehead atoms. The predicted octanol–water partition coefficient (Wildman–Crippen LogP) is 1.64. The van der Waals surface area contributed by atoms with E-state index in [1.165, 1.54) is 18.0 Å². The molecule has 8 nitrogen and oxygen atoms in total. The number of rotatable bonds is 4. The number of carbonyl (C=O) groups is 2. The van der Waals surface area contributed by atoms with Crippen LogP contribution in [-0.4, -0.2) is 41.8 Å². The third kappa shape index (κ3) is 2.73. The summed E-state index contributed by atoms with van der Waals surface area (Å²) in [5, 5.41) is 12.0. The number of nitrogens with zero attached hydrogens (tertiary/aromatic N) is 2. The van der Waals surface area contributed by atoms with Crippen molar-refractivity contribution in [3.63, 3.8) is 0 Å². The Hall–Kier alpha value is -2.88. The molecule has 2 atom stereocenters. The fourth-order valence-corrected chi connectivity index (χ4v) is 4.81. The molecule has 0 aromatic heterocycles. The summed E-state index contributed by atoms with van der Waals surface area (Å²) in [5.41, 5.74) is 4.88. The van der Waals surface area contributed by atoms with E-state index in [1.54, 1.807) is 4.90 Å². The molecule has 1 amide bonds. The molecule has 5 rings (SSSR count). The number of halogens is 2. The maximum atomic E-state index is 15.6. The maximum absolute atomic E-state index is 15.6. The molecule has 160 valence electrons. The largest absolute Gasteiger partial charge is 0.475 e. The minimum Gasteiger partial charge on any atom is -0.475 e. The van der Waals surface area contributed by atoms with E-state index in [-0.39, 0.29) is 34.8 Å². The number of amides is 1. The van der Waals surface area contributed by atoms with Gasteiger partial charge in [0.05, 0.1) is 11.9 Å². The van der Waals surface area contributed by atoms with E-state index >= 15 is 4.39 Å². The fourth-order valence-electron chi connectivity index (χ4n) is 4.81. The predicted molar refractivity (Wildman–Crippen MR) is 103 cm³/mol. The second-order valence-electron chi connectivity index (χ2n) is 8.69. The number of carboxylic acids is 1. The van der Waals surface area contributed by atoms with Gasteiger partial charge in [-0.25, -0.2) is 13.6 Å². The second-order valence-corrected chi connectivity index (χ2v) is 8.69. The molecule has 0 radical (unpaired) electrons. The number of carboxylic acid groups (broad SMARTS) is 1. The Labute approximate surface area is 171 Å². The molecule has 1 spiro atoms. The summed E-state index contributed by atoms with van der Waals surface area (Å²) in [6.07, 6.45) is 3.99. The van der Waals surface area contributed by atoms with E-state index < -0.39 is 28.7 Å². The first-order valence-electron chi connectivity index (χ1n) is 9.90. The molecule has 30 heavy (non-hydrogen) atoms. The fraction of sp³-hybridized carbons (Fsp3) is 0.500. The molecule has 10 heteroatoms. The van der Waals surface area contributed by atoms with Crippen molar-refractivity contribution in [1.29, 1.82) is 0 Å². The standard InChI is InChI=1S/C20H22F2N4O4/c1-10(27)24-20(23)8-19(20)4-5-25(9-19)16-12(21)6-13-17(15(16)22)26(11-2-3-11)7-14(30-13)18(28)29/h6-7,11H,2-5,8-9,23H2,1H3,(H,24,27)(H,28,29). The first-order chi connectivity index (χ1) is 14.1. The van der Waals surface area contributed by atoms with Crippen LogP contribution in [0.4, 0.5) is 20.2 Å². The number of fused-ring (bicyclic) bond motifs is 1. The second kappa shape index (κ2) is 6.07. The lowest BCUT2D eigenvalue weighted by atomic mass is 10.0. The Kier molecular flexibility index (Phi) is 3.86. The smallest absolute Gasteiger partial charge is 0.373 e. The van der Waals surface area contributed by atoms with Gasteiger partial charge in [0.1, 0.15) is 11.4 Å². The molecule has 1 aromatic rings. The summed E-state index contributed by atoms with van der Waals surface area (Å²) in [7, 11) is 0.